The van der Waals surface area contributed by atoms with Crippen molar-refractivity contribution in [3.05, 3.63) is 24.4 Å². The van der Waals surface area contributed by atoms with Gasteiger partial charge in [-0.2, -0.15) is 0 Å². The van der Waals surface area contributed by atoms with E-state index in [1.165, 1.54) is 12.8 Å². The van der Waals surface area contributed by atoms with Gasteiger partial charge in [0.2, 0.25) is 5.91 Å². The summed E-state index contributed by atoms with van der Waals surface area (Å²) in [4.78, 5) is 21.3. The van der Waals surface area contributed by atoms with Crippen LogP contribution in [0.25, 0.3) is 0 Å². The topological polar surface area (TPSA) is 36.4 Å². The molecule has 2 rings (SSSR count). The van der Waals surface area contributed by atoms with Gasteiger partial charge < -0.3 is 4.90 Å². The van der Waals surface area contributed by atoms with Crippen molar-refractivity contribution in [3.8, 4) is 0 Å². The molecule has 4 nitrogen and oxygen atoms in total. The van der Waals surface area contributed by atoms with E-state index in [9.17, 15) is 4.79 Å². The van der Waals surface area contributed by atoms with Gasteiger partial charge in [-0.25, -0.2) is 4.98 Å². The molecule has 0 saturated carbocycles. The van der Waals surface area contributed by atoms with E-state index >= 15 is 0 Å². The van der Waals surface area contributed by atoms with Gasteiger partial charge in [0.25, 0.3) is 0 Å². The molecule has 1 saturated heterocycles. The van der Waals surface area contributed by atoms with Gasteiger partial charge in [0.15, 0.2) is 0 Å². The van der Waals surface area contributed by atoms with E-state index in [4.69, 9.17) is 0 Å². The van der Waals surface area contributed by atoms with Crippen LogP contribution in [0.2, 0.25) is 0 Å². The van der Waals surface area contributed by atoms with Crippen molar-refractivity contribution in [1.29, 1.82) is 0 Å². The van der Waals surface area contributed by atoms with Gasteiger partial charge in [0, 0.05) is 38.3 Å². The molecule has 0 aliphatic carbocycles. The van der Waals surface area contributed by atoms with Gasteiger partial charge in [-0.1, -0.05) is 26.8 Å². The smallest absolute Gasteiger partial charge is 0.228 e. The molecule has 0 aromatic carbocycles. The number of nitrogens with zero attached hydrogens (tertiary/aromatic N) is 3. The van der Waals surface area contributed by atoms with Crippen LogP contribution in [-0.2, 0) is 4.79 Å². The number of likely N-dealkylation sites (tertiary alicyclic amines) is 1. The van der Waals surface area contributed by atoms with Crippen molar-refractivity contribution < 1.29 is 4.79 Å². The van der Waals surface area contributed by atoms with Gasteiger partial charge in [0.1, 0.15) is 5.82 Å². The van der Waals surface area contributed by atoms with Crippen LogP contribution in [0.3, 0.4) is 0 Å². The van der Waals surface area contributed by atoms with Gasteiger partial charge in [0.05, 0.1) is 0 Å². The number of amides is 1. The maximum absolute atomic E-state index is 12.5. The van der Waals surface area contributed by atoms with E-state index in [-0.39, 0.29) is 11.9 Å². The van der Waals surface area contributed by atoms with E-state index in [2.05, 4.69) is 30.7 Å². The second-order valence-corrected chi connectivity index (χ2v) is 7.16. The van der Waals surface area contributed by atoms with Crippen molar-refractivity contribution in [2.75, 3.05) is 24.5 Å². The molecule has 1 aromatic heterocycles. The van der Waals surface area contributed by atoms with Crippen molar-refractivity contribution in [2.24, 2.45) is 11.8 Å². The molecule has 0 radical (unpaired) electrons. The average Bonchev–Trinajstić information content (AvgIpc) is 2.69. The molecule has 0 spiro atoms. The lowest BCUT2D eigenvalue weighted by molar-refractivity contribution is -0.118. The molecule has 0 N–H and O–H groups in total. The summed E-state index contributed by atoms with van der Waals surface area (Å²) in [5.41, 5.74) is 0. The molecule has 2 heterocycles. The van der Waals surface area contributed by atoms with Crippen LogP contribution in [0.15, 0.2) is 24.4 Å². The predicted octanol–water partition coefficient (Wildman–Crippen LogP) is 3.58. The summed E-state index contributed by atoms with van der Waals surface area (Å²) in [5, 5.41) is 0. The molecule has 1 aliphatic heterocycles. The first-order chi connectivity index (χ1) is 11.0. The molecular formula is C19H31N3O. The number of pyridine rings is 1. The number of carbonyl (C=O) groups is 1. The van der Waals surface area contributed by atoms with Crippen molar-refractivity contribution >= 4 is 11.7 Å². The summed E-state index contributed by atoms with van der Waals surface area (Å²) in [6.45, 7) is 11.9. The highest BCUT2D eigenvalue weighted by atomic mass is 16.2. The number of hydrogen-bond donors (Lipinski definition) is 0. The maximum Gasteiger partial charge on any atom is 0.228 e. The lowest BCUT2D eigenvalue weighted by atomic mass is 10.0. The number of hydrogen-bond acceptors (Lipinski definition) is 3. The molecule has 1 amide bonds. The van der Waals surface area contributed by atoms with Crippen molar-refractivity contribution in [1.82, 2.24) is 9.88 Å². The monoisotopic (exact) mass is 317 g/mol. The summed E-state index contributed by atoms with van der Waals surface area (Å²) in [5.74, 6) is 2.38. The van der Waals surface area contributed by atoms with E-state index in [0.717, 1.165) is 37.3 Å². The first-order valence-corrected chi connectivity index (χ1v) is 8.96. The fraction of sp³-hybridized carbons (Fsp3) is 0.684. The second-order valence-electron chi connectivity index (χ2n) is 7.16. The zero-order chi connectivity index (χ0) is 16.8. The van der Waals surface area contributed by atoms with Gasteiger partial charge in [-0.15, -0.1) is 0 Å². The zero-order valence-electron chi connectivity index (χ0n) is 15.0. The Morgan fingerprint density at radius 2 is 1.96 bits per heavy atom. The summed E-state index contributed by atoms with van der Waals surface area (Å²) < 4.78 is 0. The third-order valence-corrected chi connectivity index (χ3v) is 4.72. The van der Waals surface area contributed by atoms with Crippen LogP contribution in [0, 0.1) is 11.8 Å². The van der Waals surface area contributed by atoms with Crippen LogP contribution in [0.1, 0.15) is 47.0 Å². The Bertz CT molecular complexity index is 479. The summed E-state index contributed by atoms with van der Waals surface area (Å²) in [6.07, 6.45) is 4.88. The molecule has 0 bridgehead atoms. The highest BCUT2D eigenvalue weighted by molar-refractivity contribution is 5.92. The molecule has 4 heteroatoms. The zero-order valence-corrected chi connectivity index (χ0v) is 15.0. The molecule has 1 aromatic rings. The van der Waals surface area contributed by atoms with Gasteiger partial charge in [-0.3, -0.25) is 9.69 Å². The molecule has 1 fully saturated rings. The molecule has 1 aliphatic rings. The quantitative estimate of drug-likeness (QED) is 0.833. The SMILES string of the molecule is CCC(=O)N(c1ccccn1)C(C)CN1CC(C)CCC(C)C1. The molecule has 128 valence electrons. The molecule has 3 atom stereocenters. The first kappa shape index (κ1) is 17.9. The fourth-order valence-corrected chi connectivity index (χ4v) is 3.58. The van der Waals surface area contributed by atoms with E-state index in [1.54, 1.807) is 6.20 Å². The van der Waals surface area contributed by atoms with Crippen LogP contribution in [0.5, 0.6) is 0 Å². The van der Waals surface area contributed by atoms with Crippen molar-refractivity contribution in [3.63, 3.8) is 0 Å². The number of aromatic nitrogens is 1. The number of rotatable bonds is 5. The summed E-state index contributed by atoms with van der Waals surface area (Å²) >= 11 is 0. The minimum absolute atomic E-state index is 0.134. The fourth-order valence-electron chi connectivity index (χ4n) is 3.58. The van der Waals surface area contributed by atoms with Gasteiger partial charge >= 0.3 is 0 Å². The highest BCUT2D eigenvalue weighted by Crippen LogP contribution is 2.22. The largest absolute Gasteiger partial charge is 0.301 e. The van der Waals surface area contributed by atoms with Crippen molar-refractivity contribution in [2.45, 2.75) is 53.0 Å². The van der Waals surface area contributed by atoms with E-state index in [0.29, 0.717) is 6.42 Å². The Morgan fingerprint density at radius 1 is 1.30 bits per heavy atom. The van der Waals surface area contributed by atoms with Crippen LogP contribution >= 0.6 is 0 Å². The minimum Gasteiger partial charge on any atom is -0.301 e. The van der Waals surface area contributed by atoms with Crippen LogP contribution in [-0.4, -0.2) is 41.5 Å². The third-order valence-electron chi connectivity index (χ3n) is 4.72. The summed E-state index contributed by atoms with van der Waals surface area (Å²) in [6, 6.07) is 5.90. The van der Waals surface area contributed by atoms with Crippen LogP contribution < -0.4 is 4.90 Å². The predicted molar refractivity (Wildman–Crippen MR) is 95.5 cm³/mol. The third kappa shape index (κ3) is 5.03. The lowest BCUT2D eigenvalue weighted by Gasteiger charge is -2.33. The minimum atomic E-state index is 0.134. The number of anilines is 1. The second kappa shape index (κ2) is 8.44. The lowest BCUT2D eigenvalue weighted by Crippen LogP contribution is -2.47. The van der Waals surface area contributed by atoms with E-state index in [1.807, 2.05) is 30.0 Å². The molecular weight excluding hydrogens is 286 g/mol. The van der Waals surface area contributed by atoms with Crippen LogP contribution in [0.4, 0.5) is 5.82 Å². The first-order valence-electron chi connectivity index (χ1n) is 8.96. The maximum atomic E-state index is 12.5. The Hall–Kier alpha value is -1.42. The Morgan fingerprint density at radius 3 is 2.48 bits per heavy atom. The molecule has 23 heavy (non-hydrogen) atoms. The standard InChI is InChI=1S/C19H31N3O/c1-5-19(23)22(18-8-6-7-11-20-18)17(4)14-21-12-15(2)9-10-16(3)13-21/h6-8,11,15-17H,5,9-10,12-14H2,1-4H3. The van der Waals surface area contributed by atoms with E-state index < -0.39 is 0 Å². The molecule has 3 unspecified atom stereocenters. The normalized spacial score (nSPS) is 24.0. The van der Waals surface area contributed by atoms with Gasteiger partial charge in [-0.05, 0) is 43.7 Å². The average molecular weight is 317 g/mol. The Kier molecular flexibility index (Phi) is 6.58. The Labute approximate surface area is 140 Å². The summed E-state index contributed by atoms with van der Waals surface area (Å²) in [7, 11) is 0. The Balaban J connectivity index is 2.11. The highest BCUT2D eigenvalue weighted by Gasteiger charge is 2.26. The number of carbonyl (C=O) groups excluding carboxylic acids is 1.